The van der Waals surface area contributed by atoms with Crippen LogP contribution in [0.25, 0.3) is 0 Å². The SMILES string of the molecule is CN(C)S(=O)(=O)c1ccsc1C(=O)NCC1CCCN1. The first-order valence-corrected chi connectivity index (χ1v) is 8.76. The summed E-state index contributed by atoms with van der Waals surface area (Å²) in [6, 6.07) is 1.76. The van der Waals surface area contributed by atoms with E-state index >= 15 is 0 Å². The molecule has 1 amide bonds. The van der Waals surface area contributed by atoms with Crippen molar-refractivity contribution >= 4 is 27.3 Å². The molecular weight excluding hydrogens is 298 g/mol. The van der Waals surface area contributed by atoms with Crippen LogP contribution in [0.1, 0.15) is 22.5 Å². The molecule has 1 aliphatic rings. The number of sulfonamides is 1. The van der Waals surface area contributed by atoms with Crippen molar-refractivity contribution in [2.24, 2.45) is 0 Å². The van der Waals surface area contributed by atoms with E-state index in [0.717, 1.165) is 35.0 Å². The zero-order valence-electron chi connectivity index (χ0n) is 11.5. The van der Waals surface area contributed by atoms with Gasteiger partial charge in [0.05, 0.1) is 0 Å². The van der Waals surface area contributed by atoms with Crippen LogP contribution in [-0.2, 0) is 10.0 Å². The van der Waals surface area contributed by atoms with Gasteiger partial charge in [-0.15, -0.1) is 11.3 Å². The van der Waals surface area contributed by atoms with E-state index in [-0.39, 0.29) is 21.7 Å². The summed E-state index contributed by atoms with van der Waals surface area (Å²) in [5.41, 5.74) is 0. The van der Waals surface area contributed by atoms with Crippen molar-refractivity contribution in [3.8, 4) is 0 Å². The van der Waals surface area contributed by atoms with E-state index < -0.39 is 10.0 Å². The third-order valence-electron chi connectivity index (χ3n) is 3.27. The minimum Gasteiger partial charge on any atom is -0.350 e. The van der Waals surface area contributed by atoms with E-state index in [0.29, 0.717) is 6.54 Å². The summed E-state index contributed by atoms with van der Waals surface area (Å²) in [5.74, 6) is -0.325. The van der Waals surface area contributed by atoms with Crippen LogP contribution in [0.5, 0.6) is 0 Å². The van der Waals surface area contributed by atoms with Crippen molar-refractivity contribution in [1.82, 2.24) is 14.9 Å². The van der Waals surface area contributed by atoms with Crippen molar-refractivity contribution < 1.29 is 13.2 Å². The minimum absolute atomic E-state index is 0.0735. The zero-order chi connectivity index (χ0) is 14.8. The lowest BCUT2D eigenvalue weighted by atomic mass is 10.2. The summed E-state index contributed by atoms with van der Waals surface area (Å²) >= 11 is 1.15. The van der Waals surface area contributed by atoms with Crippen molar-refractivity contribution in [3.05, 3.63) is 16.3 Å². The summed E-state index contributed by atoms with van der Waals surface area (Å²) in [4.78, 5) is 12.5. The molecular formula is C12H19N3O3S2. The number of carbonyl (C=O) groups is 1. The van der Waals surface area contributed by atoms with Gasteiger partial charge in [0.1, 0.15) is 9.77 Å². The van der Waals surface area contributed by atoms with Gasteiger partial charge in [-0.3, -0.25) is 4.79 Å². The Bertz CT molecular complexity index is 575. The molecule has 20 heavy (non-hydrogen) atoms. The molecule has 1 atom stereocenters. The molecule has 1 aromatic rings. The number of rotatable bonds is 5. The number of carbonyl (C=O) groups excluding carboxylic acids is 1. The molecule has 112 valence electrons. The van der Waals surface area contributed by atoms with Crippen LogP contribution in [0.4, 0.5) is 0 Å². The summed E-state index contributed by atoms with van der Waals surface area (Å²) < 4.78 is 25.4. The normalized spacial score (nSPS) is 19.4. The van der Waals surface area contributed by atoms with Gasteiger partial charge in [-0.25, -0.2) is 12.7 Å². The highest BCUT2D eigenvalue weighted by atomic mass is 32.2. The molecule has 1 aromatic heterocycles. The van der Waals surface area contributed by atoms with Crippen LogP contribution < -0.4 is 10.6 Å². The minimum atomic E-state index is -3.58. The third-order valence-corrected chi connectivity index (χ3v) is 6.17. The molecule has 2 N–H and O–H groups in total. The average Bonchev–Trinajstić information content (AvgIpc) is 3.06. The molecule has 0 aromatic carbocycles. The van der Waals surface area contributed by atoms with Crippen LogP contribution in [0, 0.1) is 0 Å². The fraction of sp³-hybridized carbons (Fsp3) is 0.583. The van der Waals surface area contributed by atoms with Crippen LogP contribution >= 0.6 is 11.3 Å². The second-order valence-electron chi connectivity index (χ2n) is 4.90. The molecule has 2 rings (SSSR count). The van der Waals surface area contributed by atoms with E-state index in [4.69, 9.17) is 0 Å². The fourth-order valence-corrected chi connectivity index (χ4v) is 4.30. The Morgan fingerprint density at radius 2 is 2.30 bits per heavy atom. The Morgan fingerprint density at radius 1 is 1.55 bits per heavy atom. The number of thiophene rings is 1. The van der Waals surface area contributed by atoms with Crippen LogP contribution in [0.15, 0.2) is 16.3 Å². The van der Waals surface area contributed by atoms with Gasteiger partial charge in [-0.2, -0.15) is 0 Å². The maximum Gasteiger partial charge on any atom is 0.262 e. The van der Waals surface area contributed by atoms with Crippen LogP contribution in [-0.4, -0.2) is 51.9 Å². The number of hydrogen-bond acceptors (Lipinski definition) is 5. The molecule has 0 radical (unpaired) electrons. The van der Waals surface area contributed by atoms with Crippen molar-refractivity contribution in [2.75, 3.05) is 27.2 Å². The quantitative estimate of drug-likeness (QED) is 0.828. The van der Waals surface area contributed by atoms with Crippen LogP contribution in [0.2, 0.25) is 0 Å². The molecule has 1 unspecified atom stereocenters. The highest BCUT2D eigenvalue weighted by Crippen LogP contribution is 2.24. The lowest BCUT2D eigenvalue weighted by Crippen LogP contribution is -2.37. The number of nitrogens with zero attached hydrogens (tertiary/aromatic N) is 1. The number of nitrogens with one attached hydrogen (secondary N) is 2. The van der Waals surface area contributed by atoms with Gasteiger partial charge in [0.2, 0.25) is 10.0 Å². The van der Waals surface area contributed by atoms with E-state index in [2.05, 4.69) is 10.6 Å². The molecule has 1 saturated heterocycles. The maximum atomic E-state index is 12.1. The second-order valence-corrected chi connectivity index (χ2v) is 7.94. The monoisotopic (exact) mass is 317 g/mol. The van der Waals surface area contributed by atoms with E-state index in [1.807, 2.05) is 0 Å². The molecule has 2 heterocycles. The molecule has 0 spiro atoms. The van der Waals surface area contributed by atoms with Crippen molar-refractivity contribution in [1.29, 1.82) is 0 Å². The molecule has 6 nitrogen and oxygen atoms in total. The standard InChI is InChI=1S/C12H19N3O3S2/c1-15(2)20(17,18)10-5-7-19-11(10)12(16)14-8-9-4-3-6-13-9/h5,7,9,13H,3-4,6,8H2,1-2H3,(H,14,16). The Labute approximate surface area is 123 Å². The Morgan fingerprint density at radius 3 is 2.90 bits per heavy atom. The van der Waals surface area contributed by atoms with Gasteiger partial charge in [-0.05, 0) is 30.8 Å². The van der Waals surface area contributed by atoms with Gasteiger partial charge >= 0.3 is 0 Å². The highest BCUT2D eigenvalue weighted by Gasteiger charge is 2.26. The molecule has 0 aliphatic carbocycles. The Hall–Kier alpha value is -0.960. The summed E-state index contributed by atoms with van der Waals surface area (Å²) in [5, 5.41) is 7.71. The van der Waals surface area contributed by atoms with E-state index in [1.165, 1.54) is 20.2 Å². The summed E-state index contributed by atoms with van der Waals surface area (Å²) in [7, 11) is -0.668. The smallest absolute Gasteiger partial charge is 0.262 e. The van der Waals surface area contributed by atoms with Crippen molar-refractivity contribution in [2.45, 2.75) is 23.8 Å². The topological polar surface area (TPSA) is 78.5 Å². The third kappa shape index (κ3) is 3.20. The fourth-order valence-electron chi connectivity index (χ4n) is 2.09. The predicted molar refractivity (Wildman–Crippen MR) is 78.5 cm³/mol. The average molecular weight is 317 g/mol. The first-order chi connectivity index (χ1) is 9.43. The highest BCUT2D eigenvalue weighted by molar-refractivity contribution is 7.89. The Balaban J connectivity index is 2.09. The number of hydrogen-bond donors (Lipinski definition) is 2. The number of amides is 1. The van der Waals surface area contributed by atoms with Gasteiger partial charge < -0.3 is 10.6 Å². The molecule has 1 fully saturated rings. The molecule has 1 aliphatic heterocycles. The van der Waals surface area contributed by atoms with Gasteiger partial charge in [-0.1, -0.05) is 0 Å². The lowest BCUT2D eigenvalue weighted by Gasteiger charge is -2.13. The Kier molecular flexibility index (Phi) is 4.79. The summed E-state index contributed by atoms with van der Waals surface area (Å²) in [6.45, 7) is 1.50. The van der Waals surface area contributed by atoms with Gasteiger partial charge in [0.25, 0.3) is 5.91 Å². The summed E-state index contributed by atoms with van der Waals surface area (Å²) in [6.07, 6.45) is 2.15. The first kappa shape index (κ1) is 15.4. The van der Waals surface area contributed by atoms with E-state index in [9.17, 15) is 13.2 Å². The second kappa shape index (κ2) is 6.21. The molecule has 0 saturated carbocycles. The first-order valence-electron chi connectivity index (χ1n) is 6.44. The van der Waals surface area contributed by atoms with Crippen LogP contribution in [0.3, 0.4) is 0 Å². The van der Waals surface area contributed by atoms with E-state index in [1.54, 1.807) is 5.38 Å². The zero-order valence-corrected chi connectivity index (χ0v) is 13.2. The largest absolute Gasteiger partial charge is 0.350 e. The molecule has 0 bridgehead atoms. The van der Waals surface area contributed by atoms with Gasteiger partial charge in [0, 0.05) is 26.7 Å². The van der Waals surface area contributed by atoms with Gasteiger partial charge in [0.15, 0.2) is 0 Å². The molecule has 8 heteroatoms. The lowest BCUT2D eigenvalue weighted by molar-refractivity contribution is 0.0951. The van der Waals surface area contributed by atoms with Crippen molar-refractivity contribution in [3.63, 3.8) is 0 Å². The predicted octanol–water partition coefficient (Wildman–Crippen LogP) is 0.480. The maximum absolute atomic E-state index is 12.1.